The first-order chi connectivity index (χ1) is 9.13. The summed E-state index contributed by atoms with van der Waals surface area (Å²) in [5.41, 5.74) is 1.56. The van der Waals surface area contributed by atoms with Gasteiger partial charge in [0, 0.05) is 23.0 Å². The van der Waals surface area contributed by atoms with E-state index in [0.29, 0.717) is 12.1 Å². The van der Waals surface area contributed by atoms with Crippen molar-refractivity contribution in [1.29, 1.82) is 0 Å². The number of halogens is 3. The summed E-state index contributed by atoms with van der Waals surface area (Å²) >= 11 is 7.59. The first-order valence-corrected chi connectivity index (χ1v) is 7.28. The Bertz CT molecular complexity index is 611. The van der Waals surface area contributed by atoms with Crippen LogP contribution in [0.1, 0.15) is 28.5 Å². The van der Waals surface area contributed by atoms with Crippen LogP contribution in [0.15, 0.2) is 24.3 Å². The molecule has 1 aliphatic carbocycles. The predicted octanol–water partition coefficient (Wildman–Crippen LogP) is 4.46. The first kappa shape index (κ1) is 13.0. The second-order valence-corrected chi connectivity index (χ2v) is 6.40. The summed E-state index contributed by atoms with van der Waals surface area (Å²) in [4.78, 5) is 1.29. The maximum atomic E-state index is 13.5. The Kier molecular flexibility index (Phi) is 3.56. The van der Waals surface area contributed by atoms with Crippen LogP contribution in [-0.2, 0) is 13.0 Å². The number of benzene rings is 1. The lowest BCUT2D eigenvalue weighted by molar-refractivity contribution is 0.509. The van der Waals surface area contributed by atoms with Gasteiger partial charge in [-0.25, -0.2) is 8.78 Å². The molecular weight excluding hydrogens is 288 g/mol. The summed E-state index contributed by atoms with van der Waals surface area (Å²) < 4.78 is 27.4. The Hall–Kier alpha value is -0.970. The zero-order valence-electron chi connectivity index (χ0n) is 10.1. The van der Waals surface area contributed by atoms with Crippen molar-refractivity contribution in [2.24, 2.45) is 0 Å². The monoisotopic (exact) mass is 299 g/mol. The third-order valence-electron chi connectivity index (χ3n) is 3.39. The summed E-state index contributed by atoms with van der Waals surface area (Å²) in [6.45, 7) is 0.321. The molecule has 0 spiro atoms. The second kappa shape index (κ2) is 5.19. The van der Waals surface area contributed by atoms with Crippen LogP contribution in [-0.4, -0.2) is 0 Å². The molecule has 0 radical (unpaired) electrons. The third-order valence-corrected chi connectivity index (χ3v) is 4.73. The molecule has 1 unspecified atom stereocenters. The van der Waals surface area contributed by atoms with E-state index >= 15 is 0 Å². The Morgan fingerprint density at radius 1 is 1.32 bits per heavy atom. The van der Waals surface area contributed by atoms with E-state index < -0.39 is 5.82 Å². The summed E-state index contributed by atoms with van der Waals surface area (Å²) in [5, 5.41) is 3.28. The topological polar surface area (TPSA) is 12.0 Å². The molecule has 0 aliphatic heterocycles. The van der Waals surface area contributed by atoms with Crippen LogP contribution in [0.4, 0.5) is 8.78 Å². The highest BCUT2D eigenvalue weighted by Gasteiger charge is 2.24. The van der Waals surface area contributed by atoms with Gasteiger partial charge in [-0.2, -0.15) is 0 Å². The van der Waals surface area contributed by atoms with E-state index in [-0.39, 0.29) is 11.9 Å². The van der Waals surface area contributed by atoms with Gasteiger partial charge in [0.05, 0.1) is 4.34 Å². The van der Waals surface area contributed by atoms with Crippen LogP contribution < -0.4 is 5.32 Å². The van der Waals surface area contributed by atoms with Crippen molar-refractivity contribution in [1.82, 2.24) is 5.32 Å². The van der Waals surface area contributed by atoms with Gasteiger partial charge in [0.15, 0.2) is 0 Å². The molecule has 0 bridgehead atoms. The summed E-state index contributed by atoms with van der Waals surface area (Å²) in [5.74, 6) is -0.792. The molecule has 3 rings (SSSR count). The van der Waals surface area contributed by atoms with Crippen molar-refractivity contribution < 1.29 is 8.78 Å². The number of aryl methyl sites for hydroxylation is 1. The summed E-state index contributed by atoms with van der Waals surface area (Å²) in [7, 11) is 0. The number of rotatable bonds is 3. The van der Waals surface area contributed by atoms with Crippen LogP contribution in [0.3, 0.4) is 0 Å². The average molecular weight is 300 g/mol. The maximum absolute atomic E-state index is 13.5. The van der Waals surface area contributed by atoms with Gasteiger partial charge in [0.1, 0.15) is 11.6 Å². The zero-order chi connectivity index (χ0) is 13.4. The van der Waals surface area contributed by atoms with Crippen molar-refractivity contribution in [3.05, 3.63) is 56.2 Å². The third kappa shape index (κ3) is 2.66. The molecule has 2 aromatic rings. The zero-order valence-corrected chi connectivity index (χ0v) is 11.6. The molecule has 1 nitrogen and oxygen atoms in total. The molecule has 0 fully saturated rings. The van der Waals surface area contributed by atoms with E-state index in [2.05, 4.69) is 5.32 Å². The molecule has 1 aliphatic rings. The van der Waals surface area contributed by atoms with Crippen LogP contribution in [0.5, 0.6) is 0 Å². The molecule has 1 aromatic carbocycles. The van der Waals surface area contributed by atoms with Gasteiger partial charge in [0.25, 0.3) is 0 Å². The van der Waals surface area contributed by atoms with Crippen LogP contribution in [0.25, 0.3) is 0 Å². The van der Waals surface area contributed by atoms with Crippen molar-refractivity contribution in [3.63, 3.8) is 0 Å². The molecule has 1 heterocycles. The maximum Gasteiger partial charge on any atom is 0.127 e. The minimum absolute atomic E-state index is 0.182. The van der Waals surface area contributed by atoms with Gasteiger partial charge in [0.2, 0.25) is 0 Å². The molecule has 1 atom stereocenters. The average Bonchev–Trinajstić information content (AvgIpc) is 2.90. The fourth-order valence-electron chi connectivity index (χ4n) is 2.45. The predicted molar refractivity (Wildman–Crippen MR) is 73.6 cm³/mol. The Morgan fingerprint density at radius 3 is 3.00 bits per heavy atom. The summed E-state index contributed by atoms with van der Waals surface area (Å²) in [6, 6.07) is 5.67. The van der Waals surface area contributed by atoms with E-state index in [1.807, 2.05) is 6.07 Å². The van der Waals surface area contributed by atoms with Gasteiger partial charge in [-0.05, 0) is 42.7 Å². The van der Waals surface area contributed by atoms with Crippen molar-refractivity contribution in [2.75, 3.05) is 0 Å². The highest BCUT2D eigenvalue weighted by molar-refractivity contribution is 7.16. The number of nitrogens with one attached hydrogen (secondary N) is 1. The van der Waals surface area contributed by atoms with E-state index in [4.69, 9.17) is 11.6 Å². The second-order valence-electron chi connectivity index (χ2n) is 4.64. The minimum Gasteiger partial charge on any atom is -0.306 e. The fourth-order valence-corrected chi connectivity index (χ4v) is 3.81. The van der Waals surface area contributed by atoms with Crippen molar-refractivity contribution in [2.45, 2.75) is 25.4 Å². The molecule has 0 amide bonds. The molecule has 100 valence electrons. The Morgan fingerprint density at radius 2 is 2.16 bits per heavy atom. The lowest BCUT2D eigenvalue weighted by atomic mass is 10.1. The van der Waals surface area contributed by atoms with E-state index in [1.165, 1.54) is 16.5 Å². The molecule has 1 N–H and O–H groups in total. The smallest absolute Gasteiger partial charge is 0.127 e. The molecule has 19 heavy (non-hydrogen) atoms. The standard InChI is InChI=1S/C14H12ClF2NS/c15-14-6-10-12(3-4-13(10)19-14)18-7-8-5-9(16)1-2-11(8)17/h1-2,5-6,12,18H,3-4,7H2. The van der Waals surface area contributed by atoms with Gasteiger partial charge >= 0.3 is 0 Å². The first-order valence-electron chi connectivity index (χ1n) is 6.09. The molecule has 0 saturated heterocycles. The van der Waals surface area contributed by atoms with Gasteiger partial charge in [-0.3, -0.25) is 0 Å². The van der Waals surface area contributed by atoms with E-state index in [9.17, 15) is 8.78 Å². The SMILES string of the molecule is Fc1ccc(F)c(CNC2CCc3sc(Cl)cc32)c1. The van der Waals surface area contributed by atoms with Crippen molar-refractivity contribution in [3.8, 4) is 0 Å². The molecule has 0 saturated carbocycles. The minimum atomic E-state index is -0.413. The molecule has 5 heteroatoms. The van der Waals surface area contributed by atoms with Gasteiger partial charge in [-0.1, -0.05) is 11.6 Å². The Labute approximate surface area is 119 Å². The molecular formula is C14H12ClF2NS. The van der Waals surface area contributed by atoms with Crippen LogP contribution >= 0.6 is 22.9 Å². The van der Waals surface area contributed by atoms with Gasteiger partial charge in [-0.15, -0.1) is 11.3 Å². The normalized spacial score (nSPS) is 17.7. The quantitative estimate of drug-likeness (QED) is 0.882. The largest absolute Gasteiger partial charge is 0.306 e. The fraction of sp³-hybridized carbons (Fsp3) is 0.286. The number of hydrogen-bond acceptors (Lipinski definition) is 2. The lowest BCUT2D eigenvalue weighted by Gasteiger charge is -2.13. The lowest BCUT2D eigenvalue weighted by Crippen LogP contribution is -2.19. The number of fused-ring (bicyclic) bond motifs is 1. The van der Waals surface area contributed by atoms with Crippen LogP contribution in [0, 0.1) is 11.6 Å². The van der Waals surface area contributed by atoms with E-state index in [0.717, 1.165) is 29.3 Å². The highest BCUT2D eigenvalue weighted by Crippen LogP contribution is 2.39. The number of hydrogen-bond donors (Lipinski definition) is 1. The number of thiophene rings is 1. The van der Waals surface area contributed by atoms with E-state index in [1.54, 1.807) is 11.3 Å². The Balaban J connectivity index is 1.72. The highest BCUT2D eigenvalue weighted by atomic mass is 35.5. The molecule has 1 aromatic heterocycles. The summed E-state index contributed by atoms with van der Waals surface area (Å²) in [6.07, 6.45) is 1.98. The van der Waals surface area contributed by atoms with Crippen molar-refractivity contribution >= 4 is 22.9 Å². The van der Waals surface area contributed by atoms with Crippen LogP contribution in [0.2, 0.25) is 4.34 Å². The van der Waals surface area contributed by atoms with Gasteiger partial charge < -0.3 is 5.32 Å².